The van der Waals surface area contributed by atoms with E-state index < -0.39 is 0 Å². The number of rotatable bonds is 3. The molecule has 21 heavy (non-hydrogen) atoms. The first-order valence-electron chi connectivity index (χ1n) is 6.38. The highest BCUT2D eigenvalue weighted by atomic mass is 79.9. The molecule has 2 heterocycles. The van der Waals surface area contributed by atoms with Gasteiger partial charge in [0.05, 0.1) is 23.1 Å². The van der Waals surface area contributed by atoms with Crippen molar-refractivity contribution in [1.82, 2.24) is 14.5 Å². The fourth-order valence-corrected chi connectivity index (χ4v) is 2.85. The minimum absolute atomic E-state index is 0.313. The van der Waals surface area contributed by atoms with Crippen LogP contribution in [0.1, 0.15) is 11.4 Å². The van der Waals surface area contributed by atoms with E-state index in [1.165, 1.54) is 0 Å². The smallest absolute Gasteiger partial charge is 0.164 e. The Labute approximate surface area is 135 Å². The lowest BCUT2D eigenvalue weighted by Gasteiger charge is -2.10. The van der Waals surface area contributed by atoms with Crippen LogP contribution in [0.5, 0.6) is 5.75 Å². The van der Waals surface area contributed by atoms with Gasteiger partial charge in [0.2, 0.25) is 0 Å². The van der Waals surface area contributed by atoms with Crippen LogP contribution in [0.3, 0.4) is 0 Å². The fourth-order valence-electron chi connectivity index (χ4n) is 2.26. The van der Waals surface area contributed by atoms with E-state index in [0.717, 1.165) is 38.5 Å². The Morgan fingerprint density at radius 3 is 2.86 bits per heavy atom. The van der Waals surface area contributed by atoms with E-state index in [9.17, 15) is 0 Å². The second-order valence-electron chi connectivity index (χ2n) is 4.67. The van der Waals surface area contributed by atoms with Crippen molar-refractivity contribution >= 4 is 38.7 Å². The molecule has 0 aliphatic heterocycles. The number of pyridine rings is 1. The summed E-state index contributed by atoms with van der Waals surface area (Å²) in [4.78, 5) is 9.06. The Balaban J connectivity index is 2.28. The highest BCUT2D eigenvalue weighted by Gasteiger charge is 2.14. The van der Waals surface area contributed by atoms with Crippen molar-refractivity contribution in [3.63, 3.8) is 0 Å². The van der Waals surface area contributed by atoms with Crippen LogP contribution in [0, 0.1) is 6.92 Å². The molecule has 6 heteroatoms. The van der Waals surface area contributed by atoms with Gasteiger partial charge in [0, 0.05) is 12.3 Å². The molecule has 3 aromatic rings. The van der Waals surface area contributed by atoms with E-state index in [0.29, 0.717) is 5.88 Å². The third kappa shape index (κ3) is 2.51. The van der Waals surface area contributed by atoms with Crippen LogP contribution in [-0.2, 0) is 5.88 Å². The molecule has 0 saturated carbocycles. The molecule has 3 rings (SSSR count). The van der Waals surface area contributed by atoms with Crippen LogP contribution < -0.4 is 4.74 Å². The predicted molar refractivity (Wildman–Crippen MR) is 87.4 cm³/mol. The summed E-state index contributed by atoms with van der Waals surface area (Å²) < 4.78 is 8.21. The van der Waals surface area contributed by atoms with Gasteiger partial charge < -0.3 is 4.74 Å². The van der Waals surface area contributed by atoms with Crippen molar-refractivity contribution in [3.05, 3.63) is 46.3 Å². The third-order valence-corrected chi connectivity index (χ3v) is 4.11. The number of aryl methyl sites for hydroxylation is 1. The van der Waals surface area contributed by atoms with Gasteiger partial charge in [-0.25, -0.2) is 9.97 Å². The van der Waals surface area contributed by atoms with Crippen LogP contribution in [0.25, 0.3) is 16.9 Å². The molecule has 0 unspecified atom stereocenters. The summed E-state index contributed by atoms with van der Waals surface area (Å²) >= 11 is 9.50. The van der Waals surface area contributed by atoms with E-state index in [-0.39, 0.29) is 0 Å². The second-order valence-corrected chi connectivity index (χ2v) is 5.79. The van der Waals surface area contributed by atoms with Crippen molar-refractivity contribution in [1.29, 1.82) is 0 Å². The van der Waals surface area contributed by atoms with E-state index in [2.05, 4.69) is 25.9 Å². The van der Waals surface area contributed by atoms with Crippen molar-refractivity contribution in [2.45, 2.75) is 12.8 Å². The zero-order valence-electron chi connectivity index (χ0n) is 11.6. The standard InChI is InChI=1S/C15H13BrClN3O/c1-9-5-12-15(18-8-9)20(14(7-17)19-12)10-3-4-11(16)13(6-10)21-2/h3-6,8H,7H2,1-2H3. The van der Waals surface area contributed by atoms with Crippen LogP contribution in [0.4, 0.5) is 0 Å². The molecule has 0 spiro atoms. The van der Waals surface area contributed by atoms with Gasteiger partial charge >= 0.3 is 0 Å². The number of hydrogen-bond acceptors (Lipinski definition) is 3. The first-order valence-corrected chi connectivity index (χ1v) is 7.70. The number of nitrogens with zero attached hydrogens (tertiary/aromatic N) is 3. The summed E-state index contributed by atoms with van der Waals surface area (Å²) in [7, 11) is 1.64. The van der Waals surface area contributed by atoms with Gasteiger partial charge in [-0.15, -0.1) is 11.6 Å². The van der Waals surface area contributed by atoms with Gasteiger partial charge in [-0.3, -0.25) is 4.57 Å². The van der Waals surface area contributed by atoms with Crippen molar-refractivity contribution < 1.29 is 4.74 Å². The minimum Gasteiger partial charge on any atom is -0.495 e. The molecule has 0 aliphatic rings. The Morgan fingerprint density at radius 2 is 2.14 bits per heavy atom. The van der Waals surface area contributed by atoms with E-state index in [1.54, 1.807) is 7.11 Å². The maximum Gasteiger partial charge on any atom is 0.164 e. The summed E-state index contributed by atoms with van der Waals surface area (Å²) in [6.07, 6.45) is 1.83. The lowest BCUT2D eigenvalue weighted by molar-refractivity contribution is 0.412. The zero-order chi connectivity index (χ0) is 15.0. The van der Waals surface area contributed by atoms with Gasteiger partial charge in [0.25, 0.3) is 0 Å². The normalized spacial score (nSPS) is 11.0. The quantitative estimate of drug-likeness (QED) is 0.651. The molecule has 1 aromatic carbocycles. The second kappa shape index (κ2) is 5.66. The third-order valence-electron chi connectivity index (χ3n) is 3.22. The number of imidazole rings is 1. The average molecular weight is 367 g/mol. The van der Waals surface area contributed by atoms with Crippen molar-refractivity contribution in [2.24, 2.45) is 0 Å². The number of alkyl halides is 1. The summed E-state index contributed by atoms with van der Waals surface area (Å²) in [5.41, 5.74) is 3.62. The highest BCUT2D eigenvalue weighted by molar-refractivity contribution is 9.10. The molecule has 0 radical (unpaired) electrons. The molecule has 4 nitrogen and oxygen atoms in total. The van der Waals surface area contributed by atoms with Crippen LogP contribution in [0.15, 0.2) is 34.9 Å². The molecule has 0 bridgehead atoms. The number of fused-ring (bicyclic) bond motifs is 1. The van der Waals surface area contributed by atoms with Crippen molar-refractivity contribution in [2.75, 3.05) is 7.11 Å². The van der Waals surface area contributed by atoms with Crippen LogP contribution >= 0.6 is 27.5 Å². The lowest BCUT2D eigenvalue weighted by atomic mass is 10.3. The van der Waals surface area contributed by atoms with E-state index >= 15 is 0 Å². The molecule has 0 amide bonds. The predicted octanol–water partition coefficient (Wildman–Crippen LogP) is 4.24. The molecular formula is C15H13BrClN3O. The molecule has 0 aliphatic carbocycles. The minimum atomic E-state index is 0.313. The van der Waals surface area contributed by atoms with E-state index in [4.69, 9.17) is 16.3 Å². The first kappa shape index (κ1) is 14.4. The Bertz CT molecular complexity index is 816. The topological polar surface area (TPSA) is 39.9 Å². The molecule has 0 fully saturated rings. The lowest BCUT2D eigenvalue weighted by Crippen LogP contribution is -2.01. The monoisotopic (exact) mass is 365 g/mol. The number of ether oxygens (including phenoxy) is 1. The average Bonchev–Trinajstić information content (AvgIpc) is 2.85. The molecular weight excluding hydrogens is 354 g/mol. The van der Waals surface area contributed by atoms with Gasteiger partial charge in [-0.2, -0.15) is 0 Å². The highest BCUT2D eigenvalue weighted by Crippen LogP contribution is 2.29. The summed E-state index contributed by atoms with van der Waals surface area (Å²) in [6.45, 7) is 1.99. The SMILES string of the molecule is COc1cc(-n2c(CCl)nc3cc(C)cnc32)ccc1Br. The largest absolute Gasteiger partial charge is 0.495 e. The van der Waals surface area contributed by atoms with Gasteiger partial charge in [-0.1, -0.05) is 0 Å². The number of hydrogen-bond donors (Lipinski definition) is 0. The summed E-state index contributed by atoms with van der Waals surface area (Å²) in [6, 6.07) is 7.85. The Kier molecular flexibility index (Phi) is 3.87. The van der Waals surface area contributed by atoms with E-state index in [1.807, 2.05) is 42.0 Å². The Morgan fingerprint density at radius 1 is 1.33 bits per heavy atom. The summed E-state index contributed by atoms with van der Waals surface area (Å²) in [5, 5.41) is 0. The number of benzene rings is 1. The van der Waals surface area contributed by atoms with Gasteiger partial charge in [-0.05, 0) is 46.6 Å². The molecule has 0 atom stereocenters. The fraction of sp³-hybridized carbons (Fsp3) is 0.200. The number of aromatic nitrogens is 3. The molecule has 108 valence electrons. The van der Waals surface area contributed by atoms with Crippen LogP contribution in [-0.4, -0.2) is 21.6 Å². The molecule has 0 N–H and O–H groups in total. The number of halogens is 2. The number of methoxy groups -OCH3 is 1. The summed E-state index contributed by atoms with van der Waals surface area (Å²) in [5.74, 6) is 1.82. The van der Waals surface area contributed by atoms with Crippen LogP contribution in [0.2, 0.25) is 0 Å². The van der Waals surface area contributed by atoms with Gasteiger partial charge in [0.15, 0.2) is 5.65 Å². The van der Waals surface area contributed by atoms with Crippen molar-refractivity contribution in [3.8, 4) is 11.4 Å². The maximum absolute atomic E-state index is 6.05. The first-order chi connectivity index (χ1) is 10.1. The zero-order valence-corrected chi connectivity index (χ0v) is 13.9. The Hall–Kier alpha value is -1.59. The molecule has 2 aromatic heterocycles. The van der Waals surface area contributed by atoms with Gasteiger partial charge in [0.1, 0.15) is 17.1 Å². The molecule has 0 saturated heterocycles. The maximum atomic E-state index is 6.05.